The Bertz CT molecular complexity index is 1200. The lowest BCUT2D eigenvalue weighted by molar-refractivity contribution is -0.0606. The minimum Gasteiger partial charge on any atom is -0.381 e. The third kappa shape index (κ3) is 2.87. The molecule has 4 aromatic rings. The number of pyridine rings is 1. The van der Waals surface area contributed by atoms with Gasteiger partial charge in [-0.25, -0.2) is 0 Å². The van der Waals surface area contributed by atoms with Crippen molar-refractivity contribution in [1.82, 2.24) is 30.2 Å². The molecule has 8 nitrogen and oxygen atoms in total. The highest BCUT2D eigenvalue weighted by Gasteiger charge is 2.48. The number of nitrogens with one attached hydrogen (secondary N) is 1. The lowest BCUT2D eigenvalue weighted by Gasteiger charge is -2.44. The van der Waals surface area contributed by atoms with Crippen LogP contribution in [-0.2, 0) is 10.3 Å². The van der Waals surface area contributed by atoms with Crippen molar-refractivity contribution >= 4 is 10.9 Å². The van der Waals surface area contributed by atoms with Crippen molar-refractivity contribution in [3.05, 3.63) is 48.9 Å². The van der Waals surface area contributed by atoms with Gasteiger partial charge in [0, 0.05) is 48.9 Å². The number of hydrogen-bond donors (Lipinski definition) is 1. The summed E-state index contributed by atoms with van der Waals surface area (Å²) in [5.74, 6) is 0. The van der Waals surface area contributed by atoms with Crippen LogP contribution in [0.1, 0.15) is 19.3 Å². The fourth-order valence-corrected chi connectivity index (χ4v) is 4.06. The molecular formula is C21H19N7O. The van der Waals surface area contributed by atoms with Gasteiger partial charge in [-0.05, 0) is 24.3 Å². The maximum Gasteiger partial charge on any atom is 0.113 e. The van der Waals surface area contributed by atoms with Crippen LogP contribution in [0.25, 0.3) is 33.4 Å². The second kappa shape index (κ2) is 6.79. The van der Waals surface area contributed by atoms with Crippen LogP contribution in [0.5, 0.6) is 0 Å². The van der Waals surface area contributed by atoms with Gasteiger partial charge in [-0.15, -0.1) is 0 Å². The number of aromatic amines is 1. The maximum absolute atomic E-state index is 9.32. The zero-order valence-electron chi connectivity index (χ0n) is 15.9. The number of hydrogen-bond acceptors (Lipinski definition) is 6. The molecule has 1 aliphatic carbocycles. The molecule has 0 amide bonds. The Kier molecular flexibility index (Phi) is 4.11. The van der Waals surface area contributed by atoms with Crippen molar-refractivity contribution in [1.29, 1.82) is 5.26 Å². The molecule has 1 saturated carbocycles. The second-order valence-corrected chi connectivity index (χ2v) is 7.41. The zero-order chi connectivity index (χ0) is 19.8. The molecule has 0 radical (unpaired) electrons. The van der Waals surface area contributed by atoms with E-state index in [4.69, 9.17) is 9.84 Å². The number of H-pyrrole nitrogens is 1. The second-order valence-electron chi connectivity index (χ2n) is 7.41. The van der Waals surface area contributed by atoms with E-state index in [0.29, 0.717) is 6.42 Å². The number of methoxy groups -OCH3 is 1. The molecule has 1 aliphatic rings. The van der Waals surface area contributed by atoms with Gasteiger partial charge in [0.25, 0.3) is 0 Å². The van der Waals surface area contributed by atoms with E-state index >= 15 is 0 Å². The Hall–Kier alpha value is -3.57. The van der Waals surface area contributed by atoms with Crippen molar-refractivity contribution in [3.63, 3.8) is 0 Å². The molecule has 5 rings (SSSR count). The molecule has 8 heteroatoms. The van der Waals surface area contributed by atoms with E-state index in [9.17, 15) is 5.26 Å². The van der Waals surface area contributed by atoms with Gasteiger partial charge in [0.1, 0.15) is 11.2 Å². The Balaban J connectivity index is 1.61. The highest BCUT2D eigenvalue weighted by atomic mass is 16.5. The molecule has 3 aromatic heterocycles. The summed E-state index contributed by atoms with van der Waals surface area (Å²) in [5, 5.41) is 26.7. The molecule has 0 saturated heterocycles. The lowest BCUT2D eigenvalue weighted by Crippen LogP contribution is -2.50. The molecule has 29 heavy (non-hydrogen) atoms. The summed E-state index contributed by atoms with van der Waals surface area (Å²) >= 11 is 0. The topological polar surface area (TPSA) is 105 Å². The molecule has 0 atom stereocenters. The standard InChI is InChI=1S/C21H19N7O/c1-29-15-11-21(12-15,5-6-22)28-25-13-20(27-28)17-9-14(18-4-8-24-26-18)10-19-16(17)3-2-7-23-19/h2-4,7-10,13,15H,5,11-12H2,1H3,(H,24,26). The van der Waals surface area contributed by atoms with Crippen molar-refractivity contribution in [3.8, 4) is 28.6 Å². The molecule has 1 N–H and O–H groups in total. The number of nitriles is 1. The van der Waals surface area contributed by atoms with E-state index in [1.54, 1.807) is 30.5 Å². The molecular weight excluding hydrogens is 366 g/mol. The summed E-state index contributed by atoms with van der Waals surface area (Å²) in [5.41, 5.74) is 4.06. The smallest absolute Gasteiger partial charge is 0.113 e. The van der Waals surface area contributed by atoms with Crippen molar-refractivity contribution in [2.45, 2.75) is 30.9 Å². The number of benzene rings is 1. The van der Waals surface area contributed by atoms with Gasteiger partial charge in [0.05, 0.1) is 36.0 Å². The Labute approximate surface area is 167 Å². The summed E-state index contributed by atoms with van der Waals surface area (Å²) in [6, 6.07) is 12.3. The molecule has 0 aliphatic heterocycles. The summed E-state index contributed by atoms with van der Waals surface area (Å²) in [4.78, 5) is 6.22. The van der Waals surface area contributed by atoms with Crippen LogP contribution in [0.2, 0.25) is 0 Å². The zero-order valence-corrected chi connectivity index (χ0v) is 15.9. The number of ether oxygens (including phenoxy) is 1. The normalized spacial score (nSPS) is 21.0. The highest BCUT2D eigenvalue weighted by molar-refractivity contribution is 5.96. The number of nitrogens with zero attached hydrogens (tertiary/aromatic N) is 6. The van der Waals surface area contributed by atoms with Gasteiger partial charge < -0.3 is 4.74 Å². The van der Waals surface area contributed by atoms with Crippen molar-refractivity contribution in [2.75, 3.05) is 7.11 Å². The van der Waals surface area contributed by atoms with Gasteiger partial charge in [-0.2, -0.15) is 25.4 Å². The molecule has 1 fully saturated rings. The largest absolute Gasteiger partial charge is 0.381 e. The van der Waals surface area contributed by atoms with Gasteiger partial charge in [-0.1, -0.05) is 6.07 Å². The molecule has 0 spiro atoms. The first-order valence-electron chi connectivity index (χ1n) is 9.44. The van der Waals surface area contributed by atoms with Crippen LogP contribution in [0.4, 0.5) is 0 Å². The molecule has 1 aromatic carbocycles. The molecule has 3 heterocycles. The first-order valence-corrected chi connectivity index (χ1v) is 9.44. The van der Waals surface area contributed by atoms with Gasteiger partial charge in [0.2, 0.25) is 0 Å². The van der Waals surface area contributed by atoms with Crippen LogP contribution >= 0.6 is 0 Å². The summed E-state index contributed by atoms with van der Waals surface area (Å²) in [6.45, 7) is 0. The van der Waals surface area contributed by atoms with Crippen LogP contribution in [0.15, 0.2) is 48.9 Å². The average Bonchev–Trinajstić information content (AvgIpc) is 3.42. The molecule has 144 valence electrons. The van der Waals surface area contributed by atoms with Crippen LogP contribution in [0, 0.1) is 11.3 Å². The predicted molar refractivity (Wildman–Crippen MR) is 107 cm³/mol. The van der Waals surface area contributed by atoms with Gasteiger partial charge in [0.15, 0.2) is 0 Å². The number of rotatable bonds is 5. The highest BCUT2D eigenvalue weighted by Crippen LogP contribution is 2.43. The summed E-state index contributed by atoms with van der Waals surface area (Å²) < 4.78 is 5.42. The van der Waals surface area contributed by atoms with Gasteiger partial charge in [-0.3, -0.25) is 10.1 Å². The Morgan fingerprint density at radius 3 is 2.97 bits per heavy atom. The molecule has 0 bridgehead atoms. The monoisotopic (exact) mass is 385 g/mol. The third-order valence-corrected chi connectivity index (χ3v) is 5.68. The minimum absolute atomic E-state index is 0.145. The first kappa shape index (κ1) is 17.5. The van der Waals surface area contributed by atoms with Gasteiger partial charge >= 0.3 is 0 Å². The fourth-order valence-electron chi connectivity index (χ4n) is 4.06. The van der Waals surface area contributed by atoms with Crippen LogP contribution in [-0.4, -0.2) is 43.4 Å². The molecule has 0 unspecified atom stereocenters. The number of aromatic nitrogens is 6. The van der Waals surface area contributed by atoms with E-state index in [1.807, 2.05) is 24.3 Å². The quantitative estimate of drug-likeness (QED) is 0.565. The van der Waals surface area contributed by atoms with Crippen molar-refractivity contribution < 1.29 is 4.74 Å². The van der Waals surface area contributed by atoms with Crippen molar-refractivity contribution in [2.24, 2.45) is 0 Å². The van der Waals surface area contributed by atoms with E-state index in [2.05, 4.69) is 32.4 Å². The minimum atomic E-state index is -0.400. The van der Waals surface area contributed by atoms with E-state index in [0.717, 1.165) is 46.3 Å². The van der Waals surface area contributed by atoms with E-state index < -0.39 is 5.54 Å². The Morgan fingerprint density at radius 1 is 1.31 bits per heavy atom. The average molecular weight is 385 g/mol. The fraction of sp³-hybridized carbons (Fsp3) is 0.286. The summed E-state index contributed by atoms with van der Waals surface area (Å²) in [6.07, 6.45) is 7.24. The maximum atomic E-state index is 9.32. The van der Waals surface area contributed by atoms with Crippen LogP contribution in [0.3, 0.4) is 0 Å². The van der Waals surface area contributed by atoms with Crippen LogP contribution < -0.4 is 0 Å². The lowest BCUT2D eigenvalue weighted by atomic mass is 9.72. The number of fused-ring (bicyclic) bond motifs is 1. The SMILES string of the molecule is COC1CC(CC#N)(n2ncc(-c3cc(-c4ccn[nH]4)cc4ncccc34)n2)C1. The third-order valence-electron chi connectivity index (χ3n) is 5.68. The van der Waals surface area contributed by atoms with E-state index in [1.165, 1.54) is 0 Å². The predicted octanol–water partition coefficient (Wildman–Crippen LogP) is 3.30. The first-order chi connectivity index (χ1) is 14.2. The Morgan fingerprint density at radius 2 is 2.21 bits per heavy atom. The summed E-state index contributed by atoms with van der Waals surface area (Å²) in [7, 11) is 1.70. The van der Waals surface area contributed by atoms with E-state index in [-0.39, 0.29) is 6.10 Å².